The molecule has 1 aromatic carbocycles. The second-order valence-electron chi connectivity index (χ2n) is 10.3. The quantitative estimate of drug-likeness (QED) is 0.244. The standard InChI is InChI=1S/C25H41IO4Si/c1-17-16-28-24(20-11-13-21(27-7)14-12-20)29-23(17)19(3)22(15-10-18(2)26)30-31(8,9)25(4,5)6/h10-14,17,19,22-24H,15-16H2,1-9H3/b18-10+/t17-,19+,22-,23-,24?/m1/s1. The zero-order chi connectivity index (χ0) is 23.4. The SMILES string of the molecule is COc1ccc(C2OC[C@@H](C)[C@H]([C@@H](C)[C@@H](C/C=C(\C)I)O[Si](C)(C)C(C)(C)C)O2)cc1. The molecule has 1 saturated heterocycles. The van der Waals surface area contributed by atoms with Gasteiger partial charge in [-0.2, -0.15) is 0 Å². The number of ether oxygens (including phenoxy) is 3. The van der Waals surface area contributed by atoms with Crippen molar-refractivity contribution in [2.45, 2.75) is 84.6 Å². The van der Waals surface area contributed by atoms with Gasteiger partial charge in [0, 0.05) is 17.4 Å². The number of rotatable bonds is 8. The van der Waals surface area contributed by atoms with E-state index in [9.17, 15) is 0 Å². The highest BCUT2D eigenvalue weighted by atomic mass is 127. The Morgan fingerprint density at radius 3 is 2.39 bits per heavy atom. The summed E-state index contributed by atoms with van der Waals surface area (Å²) in [5, 5.41) is 0.168. The Hall–Kier alpha value is -0.413. The van der Waals surface area contributed by atoms with Crippen LogP contribution < -0.4 is 4.74 Å². The molecule has 0 saturated carbocycles. The fourth-order valence-corrected chi connectivity index (χ4v) is 5.32. The molecule has 1 aliphatic rings. The van der Waals surface area contributed by atoms with Crippen LogP contribution in [0.4, 0.5) is 0 Å². The van der Waals surface area contributed by atoms with Crippen molar-refractivity contribution in [3.05, 3.63) is 39.5 Å². The molecule has 1 heterocycles. The molecule has 176 valence electrons. The predicted molar refractivity (Wildman–Crippen MR) is 139 cm³/mol. The lowest BCUT2D eigenvalue weighted by molar-refractivity contribution is -0.255. The van der Waals surface area contributed by atoms with E-state index in [1.54, 1.807) is 7.11 Å². The van der Waals surface area contributed by atoms with E-state index in [1.807, 2.05) is 24.3 Å². The highest BCUT2D eigenvalue weighted by molar-refractivity contribution is 14.1. The van der Waals surface area contributed by atoms with Crippen LogP contribution in [0.2, 0.25) is 18.1 Å². The number of halogens is 1. The van der Waals surface area contributed by atoms with Crippen LogP contribution in [-0.2, 0) is 13.9 Å². The van der Waals surface area contributed by atoms with Crippen molar-refractivity contribution in [2.75, 3.05) is 13.7 Å². The van der Waals surface area contributed by atoms with Crippen molar-refractivity contribution in [2.24, 2.45) is 11.8 Å². The van der Waals surface area contributed by atoms with Gasteiger partial charge in [0.25, 0.3) is 0 Å². The van der Waals surface area contributed by atoms with Crippen molar-refractivity contribution in [3.63, 3.8) is 0 Å². The molecular weight excluding hydrogens is 519 g/mol. The van der Waals surface area contributed by atoms with E-state index in [0.717, 1.165) is 17.7 Å². The van der Waals surface area contributed by atoms with Gasteiger partial charge in [0.15, 0.2) is 14.6 Å². The lowest BCUT2D eigenvalue weighted by atomic mass is 9.87. The monoisotopic (exact) mass is 560 g/mol. The lowest BCUT2D eigenvalue weighted by Gasteiger charge is -2.45. The van der Waals surface area contributed by atoms with E-state index in [0.29, 0.717) is 12.5 Å². The van der Waals surface area contributed by atoms with Gasteiger partial charge in [-0.15, -0.1) is 0 Å². The fraction of sp³-hybridized carbons (Fsp3) is 0.680. The van der Waals surface area contributed by atoms with Crippen molar-refractivity contribution in [3.8, 4) is 5.75 Å². The van der Waals surface area contributed by atoms with Gasteiger partial charge in [-0.05, 0) is 69.8 Å². The number of hydrogen-bond acceptors (Lipinski definition) is 4. The van der Waals surface area contributed by atoms with Gasteiger partial charge in [-0.3, -0.25) is 0 Å². The van der Waals surface area contributed by atoms with E-state index in [1.165, 1.54) is 3.58 Å². The first-order valence-corrected chi connectivity index (χ1v) is 15.3. The van der Waals surface area contributed by atoms with Crippen molar-refractivity contribution in [1.29, 1.82) is 0 Å². The number of allylic oxidation sites excluding steroid dienone is 1. The molecule has 31 heavy (non-hydrogen) atoms. The van der Waals surface area contributed by atoms with Gasteiger partial charge >= 0.3 is 0 Å². The minimum absolute atomic E-state index is 0.0681. The van der Waals surface area contributed by atoms with E-state index in [4.69, 9.17) is 18.6 Å². The Morgan fingerprint density at radius 2 is 1.87 bits per heavy atom. The van der Waals surface area contributed by atoms with Crippen molar-refractivity contribution >= 4 is 30.9 Å². The molecule has 0 amide bonds. The Kier molecular flexibility index (Phi) is 9.64. The molecule has 1 aliphatic heterocycles. The Labute approximate surface area is 204 Å². The van der Waals surface area contributed by atoms with E-state index in [2.05, 4.69) is 83.3 Å². The van der Waals surface area contributed by atoms with Crippen LogP contribution in [0.25, 0.3) is 0 Å². The summed E-state index contributed by atoms with van der Waals surface area (Å²) in [6, 6.07) is 7.95. The normalized spacial score (nSPS) is 25.2. The molecule has 5 atom stereocenters. The first-order valence-electron chi connectivity index (χ1n) is 11.3. The minimum Gasteiger partial charge on any atom is -0.497 e. The minimum atomic E-state index is -1.91. The Balaban J connectivity index is 2.23. The molecule has 0 bridgehead atoms. The van der Waals surface area contributed by atoms with Crippen LogP contribution in [0.15, 0.2) is 33.9 Å². The third-order valence-electron chi connectivity index (χ3n) is 6.73. The van der Waals surface area contributed by atoms with Crippen LogP contribution in [0.3, 0.4) is 0 Å². The molecule has 0 aromatic heterocycles. The van der Waals surface area contributed by atoms with Gasteiger partial charge in [0.1, 0.15) is 5.75 Å². The number of benzene rings is 1. The van der Waals surface area contributed by atoms with Gasteiger partial charge in [-0.1, -0.05) is 52.8 Å². The molecule has 1 aromatic rings. The average Bonchev–Trinajstić information content (AvgIpc) is 2.70. The van der Waals surface area contributed by atoms with Crippen molar-refractivity contribution < 1.29 is 18.6 Å². The van der Waals surface area contributed by atoms with E-state index in [-0.39, 0.29) is 29.5 Å². The molecule has 1 unspecified atom stereocenters. The topological polar surface area (TPSA) is 36.9 Å². The summed E-state index contributed by atoms with van der Waals surface area (Å²) >= 11 is 2.38. The van der Waals surface area contributed by atoms with Crippen LogP contribution in [0.1, 0.15) is 59.8 Å². The molecular formula is C25H41IO4Si. The largest absolute Gasteiger partial charge is 0.497 e. The highest BCUT2D eigenvalue weighted by Crippen LogP contribution is 2.41. The zero-order valence-electron chi connectivity index (χ0n) is 20.7. The number of methoxy groups -OCH3 is 1. The first-order chi connectivity index (χ1) is 14.4. The third-order valence-corrected chi connectivity index (χ3v) is 11.7. The van der Waals surface area contributed by atoms with E-state index >= 15 is 0 Å². The van der Waals surface area contributed by atoms with Gasteiger partial charge in [0.05, 0.1) is 25.9 Å². The molecule has 0 aliphatic carbocycles. The summed E-state index contributed by atoms with van der Waals surface area (Å²) in [6.45, 7) is 18.9. The summed E-state index contributed by atoms with van der Waals surface area (Å²) < 4.78 is 26.1. The molecule has 2 rings (SSSR count). The Morgan fingerprint density at radius 1 is 1.26 bits per heavy atom. The van der Waals surface area contributed by atoms with Crippen molar-refractivity contribution in [1.82, 2.24) is 0 Å². The van der Waals surface area contributed by atoms with Crippen LogP contribution >= 0.6 is 22.6 Å². The summed E-state index contributed by atoms with van der Waals surface area (Å²) in [5.74, 6) is 1.39. The lowest BCUT2D eigenvalue weighted by Crippen LogP contribution is -2.49. The van der Waals surface area contributed by atoms with Crippen LogP contribution in [0.5, 0.6) is 5.75 Å². The second kappa shape index (κ2) is 11.1. The van der Waals surface area contributed by atoms with Crippen LogP contribution in [-0.4, -0.2) is 34.2 Å². The maximum atomic E-state index is 6.94. The van der Waals surface area contributed by atoms with Gasteiger partial charge in [-0.25, -0.2) is 0 Å². The van der Waals surface area contributed by atoms with Gasteiger partial charge < -0.3 is 18.6 Å². The zero-order valence-corrected chi connectivity index (χ0v) is 23.9. The second-order valence-corrected chi connectivity index (χ2v) is 16.8. The average molecular weight is 561 g/mol. The highest BCUT2D eigenvalue weighted by Gasteiger charge is 2.43. The third kappa shape index (κ3) is 7.29. The van der Waals surface area contributed by atoms with Crippen LogP contribution in [0, 0.1) is 11.8 Å². The first kappa shape index (κ1) is 26.8. The van der Waals surface area contributed by atoms with E-state index < -0.39 is 8.32 Å². The molecule has 0 spiro atoms. The predicted octanol–water partition coefficient (Wildman–Crippen LogP) is 7.50. The smallest absolute Gasteiger partial charge is 0.192 e. The molecule has 0 radical (unpaired) electrons. The summed E-state index contributed by atoms with van der Waals surface area (Å²) in [4.78, 5) is 0. The summed E-state index contributed by atoms with van der Waals surface area (Å²) in [5.41, 5.74) is 1.02. The molecule has 0 N–H and O–H groups in total. The maximum absolute atomic E-state index is 6.94. The van der Waals surface area contributed by atoms with Gasteiger partial charge in [0.2, 0.25) is 0 Å². The Bertz CT molecular complexity index is 722. The summed E-state index contributed by atoms with van der Waals surface area (Å²) in [7, 11) is -0.235. The molecule has 1 fully saturated rings. The number of hydrogen-bond donors (Lipinski definition) is 0. The fourth-order valence-electron chi connectivity index (χ4n) is 3.64. The molecule has 4 nitrogen and oxygen atoms in total. The molecule has 6 heteroatoms. The maximum Gasteiger partial charge on any atom is 0.192 e. The summed E-state index contributed by atoms with van der Waals surface area (Å²) in [6.07, 6.45) is 3.03.